The smallest absolute Gasteiger partial charge is 0.219 e. The first-order valence-electron chi connectivity index (χ1n) is 11.7. The number of aromatic nitrogens is 2. The number of piperidine rings is 1. The molecule has 1 aliphatic heterocycles. The maximum absolute atomic E-state index is 15.5. The molecule has 0 bridgehead atoms. The molecule has 1 amide bonds. The highest BCUT2D eigenvalue weighted by Gasteiger charge is 2.39. The number of nitrogens with one attached hydrogen (secondary N) is 1. The number of methoxy groups -OCH3 is 1. The molecule has 1 atom stereocenters. The first-order valence-corrected chi connectivity index (χ1v) is 11.7. The van der Waals surface area contributed by atoms with Crippen LogP contribution in [-0.2, 0) is 15.1 Å². The van der Waals surface area contributed by atoms with Crippen LogP contribution in [0.2, 0.25) is 0 Å². The number of rotatable bonds is 5. The molecule has 0 radical (unpaired) electrons. The van der Waals surface area contributed by atoms with E-state index in [1.54, 1.807) is 31.9 Å². The topological polar surface area (TPSA) is 91.1 Å². The summed E-state index contributed by atoms with van der Waals surface area (Å²) in [6.07, 6.45) is 1.00. The molecule has 0 unspecified atom stereocenters. The van der Waals surface area contributed by atoms with Crippen LogP contribution in [0.4, 0.5) is 10.2 Å². The third-order valence-corrected chi connectivity index (χ3v) is 7.27. The van der Waals surface area contributed by atoms with E-state index in [-0.39, 0.29) is 17.8 Å². The number of ether oxygens (including phenoxy) is 1. The Morgan fingerprint density at radius 2 is 1.94 bits per heavy atom. The number of nitriles is 1. The number of aryl methyl sites for hydroxylation is 1. The lowest BCUT2D eigenvalue weighted by atomic mass is 9.82. The summed E-state index contributed by atoms with van der Waals surface area (Å²) in [7, 11) is 1.59. The zero-order valence-electron chi connectivity index (χ0n) is 20.8. The second-order valence-electron chi connectivity index (χ2n) is 9.21. The van der Waals surface area contributed by atoms with Gasteiger partial charge in [-0.25, -0.2) is 4.39 Å². The van der Waals surface area contributed by atoms with Crippen molar-refractivity contribution >= 4 is 22.5 Å². The van der Waals surface area contributed by atoms with Gasteiger partial charge in [0.15, 0.2) is 5.82 Å². The molecular formula is C27H30FN5O2. The zero-order chi connectivity index (χ0) is 25.3. The monoisotopic (exact) mass is 475 g/mol. The zero-order valence-corrected chi connectivity index (χ0v) is 20.8. The van der Waals surface area contributed by atoms with Gasteiger partial charge in [-0.3, -0.25) is 4.79 Å². The highest BCUT2D eigenvalue weighted by atomic mass is 19.1. The molecule has 4 rings (SSSR count). The van der Waals surface area contributed by atoms with Gasteiger partial charge in [0.2, 0.25) is 5.91 Å². The molecule has 0 spiro atoms. The second-order valence-corrected chi connectivity index (χ2v) is 9.21. The Morgan fingerprint density at radius 1 is 1.23 bits per heavy atom. The largest absolute Gasteiger partial charge is 0.373 e. The summed E-state index contributed by atoms with van der Waals surface area (Å²) in [5.41, 5.74) is 2.76. The molecule has 35 heavy (non-hydrogen) atoms. The Hall–Kier alpha value is -3.57. The van der Waals surface area contributed by atoms with Crippen molar-refractivity contribution in [3.63, 3.8) is 0 Å². The van der Waals surface area contributed by atoms with Crippen LogP contribution in [0.3, 0.4) is 0 Å². The summed E-state index contributed by atoms with van der Waals surface area (Å²) in [5.74, 6) is 0.188. The summed E-state index contributed by atoms with van der Waals surface area (Å²) in [6.45, 7) is 8.28. The third kappa shape index (κ3) is 4.44. The number of carbonyl (C=O) groups is 1. The lowest BCUT2D eigenvalue weighted by molar-refractivity contribution is -0.135. The van der Waals surface area contributed by atoms with E-state index in [2.05, 4.69) is 21.6 Å². The molecule has 1 aliphatic rings. The van der Waals surface area contributed by atoms with E-state index in [0.717, 1.165) is 16.5 Å². The van der Waals surface area contributed by atoms with Crippen LogP contribution < -0.4 is 5.32 Å². The SMILES string of the molecule is COC1(c2cc3c(N[C@H](C)c4cccc(C#N)c4C)nnc(C)c3cc2F)CCN(C(C)=O)CC1. The molecule has 1 aromatic heterocycles. The average Bonchev–Trinajstić information content (AvgIpc) is 2.85. The van der Waals surface area contributed by atoms with Gasteiger partial charge in [-0.2, -0.15) is 10.4 Å². The van der Waals surface area contributed by atoms with Gasteiger partial charge >= 0.3 is 0 Å². The van der Waals surface area contributed by atoms with E-state index < -0.39 is 5.60 Å². The maximum Gasteiger partial charge on any atom is 0.219 e. The normalized spacial score (nSPS) is 16.1. The lowest BCUT2D eigenvalue weighted by Crippen LogP contribution is -2.45. The van der Waals surface area contributed by atoms with E-state index in [1.165, 1.54) is 6.07 Å². The van der Waals surface area contributed by atoms with Gasteiger partial charge in [-0.1, -0.05) is 12.1 Å². The molecule has 2 aromatic carbocycles. The number of nitrogens with zero attached hydrogens (tertiary/aromatic N) is 4. The number of hydrogen-bond acceptors (Lipinski definition) is 6. The van der Waals surface area contributed by atoms with Gasteiger partial charge in [0, 0.05) is 43.5 Å². The molecule has 8 heteroatoms. The number of likely N-dealkylation sites (tertiary alicyclic amines) is 1. The molecule has 2 heterocycles. The third-order valence-electron chi connectivity index (χ3n) is 7.27. The summed E-state index contributed by atoms with van der Waals surface area (Å²) >= 11 is 0. The van der Waals surface area contributed by atoms with Crippen molar-refractivity contribution in [2.45, 2.75) is 52.2 Å². The quantitative estimate of drug-likeness (QED) is 0.564. The molecule has 182 valence electrons. The van der Waals surface area contributed by atoms with Gasteiger partial charge in [-0.05, 0) is 62.9 Å². The van der Waals surface area contributed by atoms with Crippen molar-refractivity contribution in [3.8, 4) is 6.07 Å². The minimum Gasteiger partial charge on any atom is -0.373 e. The Morgan fingerprint density at radius 3 is 2.57 bits per heavy atom. The molecule has 1 saturated heterocycles. The van der Waals surface area contributed by atoms with Crippen molar-refractivity contribution in [1.29, 1.82) is 5.26 Å². The summed E-state index contributed by atoms with van der Waals surface area (Å²) < 4.78 is 21.4. The van der Waals surface area contributed by atoms with Crippen LogP contribution in [0.25, 0.3) is 10.8 Å². The Bertz CT molecular complexity index is 1330. The fourth-order valence-corrected chi connectivity index (χ4v) is 5.05. The van der Waals surface area contributed by atoms with Gasteiger partial charge < -0.3 is 15.0 Å². The predicted octanol–water partition coefficient (Wildman–Crippen LogP) is 4.91. The van der Waals surface area contributed by atoms with E-state index >= 15 is 4.39 Å². The number of anilines is 1. The van der Waals surface area contributed by atoms with Crippen LogP contribution in [0.15, 0.2) is 30.3 Å². The van der Waals surface area contributed by atoms with Crippen LogP contribution in [0.1, 0.15) is 60.7 Å². The number of carbonyl (C=O) groups excluding carboxylic acids is 1. The van der Waals surface area contributed by atoms with Crippen molar-refractivity contribution in [2.75, 3.05) is 25.5 Å². The van der Waals surface area contributed by atoms with Gasteiger partial charge in [-0.15, -0.1) is 5.10 Å². The van der Waals surface area contributed by atoms with Crippen molar-refractivity contribution in [1.82, 2.24) is 15.1 Å². The van der Waals surface area contributed by atoms with Gasteiger partial charge in [0.05, 0.1) is 29.0 Å². The average molecular weight is 476 g/mol. The van der Waals surface area contributed by atoms with Crippen LogP contribution in [0, 0.1) is 31.0 Å². The Balaban J connectivity index is 1.77. The van der Waals surface area contributed by atoms with E-state index in [0.29, 0.717) is 54.0 Å². The number of benzene rings is 2. The van der Waals surface area contributed by atoms with Crippen molar-refractivity contribution in [3.05, 3.63) is 64.1 Å². The standard InChI is InChI=1S/C27H30FN5O2/c1-16-20(15-29)7-6-8-21(16)17(2)30-26-23-13-24(25(28)14-22(23)18(3)31-32-26)27(35-5)9-11-33(12-10-27)19(4)34/h6-8,13-14,17H,9-12H2,1-5H3,(H,30,32)/t17-/m1/s1. The van der Waals surface area contributed by atoms with Gasteiger partial charge in [0.1, 0.15) is 5.82 Å². The molecule has 0 saturated carbocycles. The van der Waals surface area contributed by atoms with Gasteiger partial charge in [0.25, 0.3) is 0 Å². The molecule has 7 nitrogen and oxygen atoms in total. The Kier molecular flexibility index (Phi) is 6.73. The summed E-state index contributed by atoms with van der Waals surface area (Å²) in [4.78, 5) is 13.6. The summed E-state index contributed by atoms with van der Waals surface area (Å²) in [6, 6.07) is 11.0. The first kappa shape index (κ1) is 24.6. The second kappa shape index (κ2) is 9.59. The minimum atomic E-state index is -0.831. The number of halogens is 1. The Labute approximate surface area is 204 Å². The van der Waals surface area contributed by atoms with Crippen LogP contribution in [0.5, 0.6) is 0 Å². The number of hydrogen-bond donors (Lipinski definition) is 1. The summed E-state index contributed by atoms with van der Waals surface area (Å²) in [5, 5.41) is 22.9. The number of fused-ring (bicyclic) bond motifs is 1. The van der Waals surface area contributed by atoms with E-state index in [9.17, 15) is 10.1 Å². The van der Waals surface area contributed by atoms with Crippen molar-refractivity contribution in [2.24, 2.45) is 0 Å². The fourth-order valence-electron chi connectivity index (χ4n) is 5.05. The predicted molar refractivity (Wildman–Crippen MR) is 132 cm³/mol. The molecule has 3 aromatic rings. The molecule has 1 fully saturated rings. The van der Waals surface area contributed by atoms with E-state index in [4.69, 9.17) is 4.74 Å². The molecule has 1 N–H and O–H groups in total. The molecular weight excluding hydrogens is 445 g/mol. The van der Waals surface area contributed by atoms with Crippen LogP contribution in [-0.4, -0.2) is 41.2 Å². The first-order chi connectivity index (χ1) is 16.7. The van der Waals surface area contributed by atoms with Crippen LogP contribution >= 0.6 is 0 Å². The number of amides is 1. The van der Waals surface area contributed by atoms with E-state index in [1.807, 2.05) is 32.0 Å². The maximum atomic E-state index is 15.5. The van der Waals surface area contributed by atoms with Crippen molar-refractivity contribution < 1.29 is 13.9 Å². The lowest BCUT2D eigenvalue weighted by Gasteiger charge is -2.41. The highest BCUT2D eigenvalue weighted by Crippen LogP contribution is 2.40. The fraction of sp³-hybridized carbons (Fsp3) is 0.407. The minimum absolute atomic E-state index is 0.0100. The highest BCUT2D eigenvalue weighted by molar-refractivity contribution is 5.94. The molecule has 0 aliphatic carbocycles.